The highest BCUT2D eigenvalue weighted by atomic mass is 35.5. The van der Waals surface area contributed by atoms with Crippen molar-refractivity contribution < 1.29 is 4.39 Å². The van der Waals surface area contributed by atoms with Gasteiger partial charge in [0.2, 0.25) is 0 Å². The zero-order chi connectivity index (χ0) is 23.4. The number of benzene rings is 2. The molecular weight excluding hydrogens is 457 g/mol. The number of nitrogens with zero attached hydrogens (tertiary/aromatic N) is 6. The van der Waals surface area contributed by atoms with E-state index in [0.29, 0.717) is 45.2 Å². The molecule has 0 aliphatic carbocycles. The van der Waals surface area contributed by atoms with E-state index in [0.717, 1.165) is 6.42 Å². The van der Waals surface area contributed by atoms with Gasteiger partial charge in [0.1, 0.15) is 11.3 Å². The van der Waals surface area contributed by atoms with Crippen LogP contribution in [0.2, 0.25) is 5.02 Å². The summed E-state index contributed by atoms with van der Waals surface area (Å²) in [5.41, 5.74) is 1.73. The zero-order valence-electron chi connectivity index (χ0n) is 18.1. The molecule has 1 fully saturated rings. The van der Waals surface area contributed by atoms with Crippen molar-refractivity contribution in [2.45, 2.75) is 31.8 Å². The van der Waals surface area contributed by atoms with E-state index in [2.05, 4.69) is 19.9 Å². The molecule has 0 saturated carbocycles. The Labute approximate surface area is 198 Å². The summed E-state index contributed by atoms with van der Waals surface area (Å²) in [4.78, 5) is 35.8. The maximum Gasteiger partial charge on any atom is 0.312 e. The molecule has 2 atom stereocenters. The van der Waals surface area contributed by atoms with Gasteiger partial charge in [-0.05, 0) is 44.0 Å². The molecule has 170 valence electrons. The van der Waals surface area contributed by atoms with Crippen LogP contribution in [0.1, 0.15) is 31.6 Å². The summed E-state index contributed by atoms with van der Waals surface area (Å²) in [7, 11) is 0. The van der Waals surface area contributed by atoms with Gasteiger partial charge in [-0.15, -0.1) is 0 Å². The SMILES string of the molecule is C[C@H]1CC[C@@H](c2nc3cccc(Cl)c3c(=O)n2-c2ccccc2)N1c1nc(F)nc2nc[nH]c12. The molecule has 10 heteroatoms. The summed E-state index contributed by atoms with van der Waals surface area (Å²) in [6, 6.07) is 14.2. The second-order valence-electron chi connectivity index (χ2n) is 8.35. The van der Waals surface area contributed by atoms with Crippen LogP contribution in [0.5, 0.6) is 0 Å². The van der Waals surface area contributed by atoms with E-state index >= 15 is 0 Å². The first-order chi connectivity index (χ1) is 16.5. The molecule has 1 aliphatic heterocycles. The zero-order valence-corrected chi connectivity index (χ0v) is 18.9. The van der Waals surface area contributed by atoms with E-state index in [1.54, 1.807) is 22.8 Å². The normalized spacial score (nSPS) is 18.3. The van der Waals surface area contributed by atoms with Crippen molar-refractivity contribution in [3.63, 3.8) is 0 Å². The Kier molecular flexibility index (Phi) is 4.80. The topological polar surface area (TPSA) is 92.6 Å². The molecule has 0 bridgehead atoms. The lowest BCUT2D eigenvalue weighted by molar-refractivity contribution is 0.535. The standard InChI is InChI=1S/C24H19ClFN7O/c1-13-10-11-17(32(13)22-19-20(28-12-27-19)30-24(26)31-22)21-29-16-9-5-8-15(25)18(16)23(34)33(21)14-6-3-2-4-7-14/h2-9,12-13,17H,10-11H2,1H3,(H,27,28,30,31)/t13-,17-/m0/s1. The van der Waals surface area contributed by atoms with E-state index in [4.69, 9.17) is 16.6 Å². The second-order valence-corrected chi connectivity index (χ2v) is 8.75. The van der Waals surface area contributed by atoms with Crippen molar-refractivity contribution in [2.75, 3.05) is 4.90 Å². The number of halogens is 2. The summed E-state index contributed by atoms with van der Waals surface area (Å²) < 4.78 is 16.0. The molecular formula is C24H19ClFN7O. The number of H-pyrrole nitrogens is 1. The number of hydrogen-bond donors (Lipinski definition) is 1. The first-order valence-electron chi connectivity index (χ1n) is 10.9. The minimum absolute atomic E-state index is 0.0157. The average molecular weight is 476 g/mol. The molecule has 2 aromatic carbocycles. The predicted molar refractivity (Wildman–Crippen MR) is 128 cm³/mol. The van der Waals surface area contributed by atoms with Crippen molar-refractivity contribution >= 4 is 39.5 Å². The largest absolute Gasteiger partial charge is 0.342 e. The fourth-order valence-electron chi connectivity index (χ4n) is 4.83. The van der Waals surface area contributed by atoms with Gasteiger partial charge in [0.25, 0.3) is 5.56 Å². The van der Waals surface area contributed by atoms with Gasteiger partial charge in [0, 0.05) is 6.04 Å². The van der Waals surface area contributed by atoms with Gasteiger partial charge >= 0.3 is 6.08 Å². The fraction of sp³-hybridized carbons (Fsp3) is 0.208. The molecule has 1 saturated heterocycles. The van der Waals surface area contributed by atoms with Crippen LogP contribution >= 0.6 is 11.6 Å². The summed E-state index contributed by atoms with van der Waals surface area (Å²) in [5.74, 6) is 0.942. The first-order valence-corrected chi connectivity index (χ1v) is 11.3. The van der Waals surface area contributed by atoms with E-state index < -0.39 is 6.08 Å². The molecule has 34 heavy (non-hydrogen) atoms. The Morgan fingerprint density at radius 2 is 1.88 bits per heavy atom. The Balaban J connectivity index is 1.64. The van der Waals surface area contributed by atoms with E-state index in [1.165, 1.54) is 6.33 Å². The third kappa shape index (κ3) is 3.15. The summed E-state index contributed by atoms with van der Waals surface area (Å²) in [5, 5.41) is 0.707. The highest BCUT2D eigenvalue weighted by molar-refractivity contribution is 6.35. The van der Waals surface area contributed by atoms with Gasteiger partial charge in [0.05, 0.1) is 34.0 Å². The van der Waals surface area contributed by atoms with Crippen molar-refractivity contribution in [3.05, 3.63) is 82.1 Å². The summed E-state index contributed by atoms with van der Waals surface area (Å²) >= 11 is 6.42. The lowest BCUT2D eigenvalue weighted by Gasteiger charge is -2.31. The number of aromatic nitrogens is 6. The van der Waals surface area contributed by atoms with E-state index in [9.17, 15) is 9.18 Å². The molecule has 4 heterocycles. The third-order valence-electron chi connectivity index (χ3n) is 6.34. The van der Waals surface area contributed by atoms with Crippen molar-refractivity contribution in [2.24, 2.45) is 0 Å². The van der Waals surface area contributed by atoms with Crippen LogP contribution in [-0.2, 0) is 0 Å². The fourth-order valence-corrected chi connectivity index (χ4v) is 5.08. The van der Waals surface area contributed by atoms with Crippen LogP contribution in [0, 0.1) is 6.08 Å². The van der Waals surface area contributed by atoms with E-state index in [-0.39, 0.29) is 23.3 Å². The monoisotopic (exact) mass is 475 g/mol. The molecule has 0 spiro atoms. The number of hydrogen-bond acceptors (Lipinski definition) is 6. The number of rotatable bonds is 3. The number of nitrogens with one attached hydrogen (secondary N) is 1. The minimum atomic E-state index is -0.855. The van der Waals surface area contributed by atoms with Gasteiger partial charge in [-0.25, -0.2) is 9.97 Å². The molecule has 6 rings (SSSR count). The highest BCUT2D eigenvalue weighted by Crippen LogP contribution is 2.41. The quantitative estimate of drug-likeness (QED) is 0.384. The Hall–Kier alpha value is -3.85. The molecule has 0 radical (unpaired) electrons. The van der Waals surface area contributed by atoms with Crippen LogP contribution in [0.15, 0.2) is 59.7 Å². The van der Waals surface area contributed by atoms with Crippen LogP contribution in [-0.4, -0.2) is 35.5 Å². The van der Waals surface area contributed by atoms with E-state index in [1.807, 2.05) is 42.2 Å². The number of fused-ring (bicyclic) bond motifs is 2. The maximum absolute atomic E-state index is 14.4. The van der Waals surface area contributed by atoms with Crippen molar-refractivity contribution in [3.8, 4) is 5.69 Å². The smallest absolute Gasteiger partial charge is 0.312 e. The number of aromatic amines is 1. The van der Waals surface area contributed by atoms with Crippen LogP contribution in [0.4, 0.5) is 10.2 Å². The summed E-state index contributed by atoms with van der Waals surface area (Å²) in [6.07, 6.45) is 2.12. The van der Waals surface area contributed by atoms with Gasteiger partial charge in [-0.3, -0.25) is 9.36 Å². The summed E-state index contributed by atoms with van der Waals surface area (Å²) in [6.45, 7) is 2.05. The Morgan fingerprint density at radius 3 is 2.71 bits per heavy atom. The molecule has 1 N–H and O–H groups in total. The van der Waals surface area contributed by atoms with Crippen molar-refractivity contribution in [1.29, 1.82) is 0 Å². The minimum Gasteiger partial charge on any atom is -0.342 e. The lowest BCUT2D eigenvalue weighted by atomic mass is 10.1. The maximum atomic E-state index is 14.4. The second kappa shape index (κ2) is 7.88. The predicted octanol–water partition coefficient (Wildman–Crippen LogP) is 4.57. The van der Waals surface area contributed by atoms with Crippen LogP contribution < -0.4 is 10.5 Å². The van der Waals surface area contributed by atoms with Gasteiger partial charge in [-0.1, -0.05) is 35.9 Å². The van der Waals surface area contributed by atoms with Crippen LogP contribution in [0.25, 0.3) is 27.8 Å². The Morgan fingerprint density at radius 1 is 1.06 bits per heavy atom. The molecule has 1 aliphatic rings. The first kappa shape index (κ1) is 20.7. The van der Waals surface area contributed by atoms with Crippen molar-refractivity contribution in [1.82, 2.24) is 29.5 Å². The van der Waals surface area contributed by atoms with Gasteiger partial charge in [0.15, 0.2) is 11.5 Å². The molecule has 0 amide bonds. The molecule has 3 aromatic heterocycles. The Bertz CT molecular complexity index is 1600. The number of para-hydroxylation sites is 1. The number of imidazole rings is 1. The molecule has 0 unspecified atom stereocenters. The molecule has 8 nitrogen and oxygen atoms in total. The van der Waals surface area contributed by atoms with Crippen LogP contribution in [0.3, 0.4) is 0 Å². The van der Waals surface area contributed by atoms with Gasteiger partial charge < -0.3 is 9.88 Å². The number of anilines is 1. The highest BCUT2D eigenvalue weighted by Gasteiger charge is 2.38. The van der Waals surface area contributed by atoms with Gasteiger partial charge in [-0.2, -0.15) is 14.4 Å². The molecule has 5 aromatic rings. The average Bonchev–Trinajstić information content (AvgIpc) is 3.45. The lowest BCUT2D eigenvalue weighted by Crippen LogP contribution is -2.35. The third-order valence-corrected chi connectivity index (χ3v) is 6.65.